The Morgan fingerprint density at radius 1 is 1.17 bits per heavy atom. The molecule has 2 aromatic rings. The number of ether oxygens (including phenoxy) is 3. The lowest BCUT2D eigenvalue weighted by Gasteiger charge is -2.16. The molecule has 0 bridgehead atoms. The largest absolute Gasteiger partial charge is 0.494 e. The number of unbranched alkanes of at least 4 members (excludes halogenated alkanes) is 1. The summed E-state index contributed by atoms with van der Waals surface area (Å²) in [6, 6.07) is 9.15. The van der Waals surface area contributed by atoms with Gasteiger partial charge in [0.2, 0.25) is 5.91 Å². The summed E-state index contributed by atoms with van der Waals surface area (Å²) in [6.07, 6.45) is 4.19. The maximum atomic E-state index is 12.7. The van der Waals surface area contributed by atoms with Crippen LogP contribution >= 0.6 is 12.0 Å². The first-order valence-electron chi connectivity index (χ1n) is 11.6. The van der Waals surface area contributed by atoms with Crippen LogP contribution in [0.4, 0.5) is 5.69 Å². The molecule has 188 valence electrons. The van der Waals surface area contributed by atoms with E-state index in [1.807, 2.05) is 39.0 Å². The molecule has 0 radical (unpaired) electrons. The Hall–Kier alpha value is -3.20. The number of nitrogens with one attached hydrogen (secondary N) is 1. The molecule has 0 saturated carbocycles. The van der Waals surface area contributed by atoms with Crippen LogP contribution in [0.5, 0.6) is 17.2 Å². The van der Waals surface area contributed by atoms with Gasteiger partial charge in [0.05, 0.1) is 36.7 Å². The molecular weight excluding hydrogens is 468 g/mol. The highest BCUT2D eigenvalue weighted by atomic mass is 32.2. The van der Waals surface area contributed by atoms with Gasteiger partial charge in [0, 0.05) is 18.3 Å². The molecule has 0 unspecified atom stereocenters. The Labute approximate surface area is 210 Å². The van der Waals surface area contributed by atoms with Gasteiger partial charge < -0.3 is 23.8 Å². The molecule has 0 atom stereocenters. The number of rotatable bonds is 13. The predicted octanol–water partition coefficient (Wildman–Crippen LogP) is 5.79. The zero-order valence-corrected chi connectivity index (χ0v) is 21.6. The van der Waals surface area contributed by atoms with Gasteiger partial charge in [-0.15, -0.1) is 0 Å². The molecule has 0 spiro atoms. The molecule has 3 rings (SSSR count). The number of carbonyl (C=O) groups excluding carboxylic acids is 2. The van der Waals surface area contributed by atoms with Crippen LogP contribution in [0.25, 0.3) is 0 Å². The number of ketones is 1. The number of nitrogens with zero attached hydrogens (tertiary/aromatic N) is 1. The van der Waals surface area contributed by atoms with Crippen molar-refractivity contribution in [2.75, 3.05) is 26.1 Å². The number of methoxy groups -OCH3 is 2. The monoisotopic (exact) mass is 500 g/mol. The molecule has 1 N–H and O–H groups in total. The normalized spacial score (nSPS) is 13.9. The lowest BCUT2D eigenvalue weighted by molar-refractivity contribution is -0.119. The molecule has 1 amide bonds. The molecule has 1 aliphatic heterocycles. The Kier molecular flexibility index (Phi) is 9.03. The smallest absolute Gasteiger partial charge is 0.234 e. The third-order valence-corrected chi connectivity index (χ3v) is 6.41. The molecule has 1 aliphatic rings. The first-order valence-corrected chi connectivity index (χ1v) is 12.3. The zero-order chi connectivity index (χ0) is 25.4. The summed E-state index contributed by atoms with van der Waals surface area (Å²) >= 11 is 1.00. The summed E-state index contributed by atoms with van der Waals surface area (Å²) in [4.78, 5) is 25.4. The van der Waals surface area contributed by atoms with Gasteiger partial charge in [-0.2, -0.15) is 0 Å². The summed E-state index contributed by atoms with van der Waals surface area (Å²) in [5.41, 5.74) is 1.66. The first kappa shape index (κ1) is 26.4. The van der Waals surface area contributed by atoms with Crippen LogP contribution in [-0.2, 0) is 14.5 Å². The van der Waals surface area contributed by atoms with Crippen LogP contribution < -0.4 is 19.5 Å². The van der Waals surface area contributed by atoms with Gasteiger partial charge in [-0.25, -0.2) is 0 Å². The second-order valence-electron chi connectivity index (χ2n) is 8.57. The van der Waals surface area contributed by atoms with Crippen LogP contribution in [0, 0.1) is 0 Å². The van der Waals surface area contributed by atoms with E-state index in [2.05, 4.69) is 10.5 Å². The van der Waals surface area contributed by atoms with Gasteiger partial charge in [-0.3, -0.25) is 9.59 Å². The summed E-state index contributed by atoms with van der Waals surface area (Å²) < 4.78 is 22.0. The van der Waals surface area contributed by atoms with Crippen molar-refractivity contribution in [3.05, 3.63) is 41.5 Å². The van der Waals surface area contributed by atoms with Gasteiger partial charge in [0.15, 0.2) is 17.3 Å². The van der Waals surface area contributed by atoms with Crippen molar-refractivity contribution in [1.82, 2.24) is 0 Å². The van der Waals surface area contributed by atoms with Gasteiger partial charge >= 0.3 is 0 Å². The van der Waals surface area contributed by atoms with Crippen molar-refractivity contribution in [2.24, 2.45) is 5.16 Å². The quantitative estimate of drug-likeness (QED) is 0.122. The highest BCUT2D eigenvalue weighted by molar-refractivity contribution is 7.94. The fraction of sp³-hybridized carbons (Fsp3) is 0.423. The molecular formula is C26H32N2O6S. The van der Waals surface area contributed by atoms with Crippen molar-refractivity contribution in [1.29, 1.82) is 0 Å². The number of hydrogen-bond donors (Lipinski definition) is 1. The van der Waals surface area contributed by atoms with Crippen molar-refractivity contribution in [3.8, 4) is 17.2 Å². The number of anilines is 1. The average Bonchev–Trinajstić information content (AvgIpc) is 3.07. The second-order valence-corrected chi connectivity index (χ2v) is 9.33. The third kappa shape index (κ3) is 6.08. The highest BCUT2D eigenvalue weighted by Gasteiger charge is 2.38. The molecule has 0 fully saturated rings. The van der Waals surface area contributed by atoms with Crippen molar-refractivity contribution in [2.45, 2.75) is 56.8 Å². The zero-order valence-electron chi connectivity index (χ0n) is 20.8. The van der Waals surface area contributed by atoms with Gasteiger partial charge in [-0.1, -0.05) is 12.1 Å². The van der Waals surface area contributed by atoms with Crippen molar-refractivity contribution in [3.63, 3.8) is 0 Å². The minimum absolute atomic E-state index is 0.00587. The number of benzene rings is 2. The Morgan fingerprint density at radius 2 is 1.97 bits per heavy atom. The Balaban J connectivity index is 1.49. The molecule has 0 aromatic heterocycles. The number of oxime groups is 1. The summed E-state index contributed by atoms with van der Waals surface area (Å²) in [6.45, 7) is 6.25. The summed E-state index contributed by atoms with van der Waals surface area (Å²) in [7, 11) is 3.04. The predicted molar refractivity (Wildman–Crippen MR) is 137 cm³/mol. The average molecular weight is 501 g/mol. The SMILES string of the molecule is CCCC(=O)c1c(SON=CCCCOc2ccc3c(c2)C(C)(C)C(=O)N3)ccc(OC)c1OC. The highest BCUT2D eigenvalue weighted by Crippen LogP contribution is 2.40. The number of fused-ring (bicyclic) bond motifs is 1. The Morgan fingerprint density at radius 3 is 2.69 bits per heavy atom. The molecule has 1 heterocycles. The van der Waals surface area contributed by atoms with Gasteiger partial charge in [-0.05, 0) is 69.0 Å². The van der Waals surface area contributed by atoms with Crippen LogP contribution in [0.15, 0.2) is 40.4 Å². The van der Waals surface area contributed by atoms with E-state index < -0.39 is 5.41 Å². The minimum atomic E-state index is -0.564. The van der Waals surface area contributed by atoms with Crippen LogP contribution in [0.2, 0.25) is 0 Å². The molecule has 8 nitrogen and oxygen atoms in total. The lowest BCUT2D eigenvalue weighted by Crippen LogP contribution is -2.26. The lowest BCUT2D eigenvalue weighted by atomic mass is 9.86. The number of Topliss-reactive ketones (excluding diaryl/α,β-unsaturated/α-hetero) is 1. The van der Waals surface area contributed by atoms with E-state index in [4.69, 9.17) is 18.5 Å². The first-order chi connectivity index (χ1) is 16.8. The molecule has 0 aliphatic carbocycles. The van der Waals surface area contributed by atoms with Gasteiger partial charge in [0.25, 0.3) is 0 Å². The maximum Gasteiger partial charge on any atom is 0.234 e. The topological polar surface area (TPSA) is 95.5 Å². The fourth-order valence-electron chi connectivity index (χ4n) is 3.74. The molecule has 35 heavy (non-hydrogen) atoms. The summed E-state index contributed by atoms with van der Waals surface area (Å²) in [5.74, 6) is 1.58. The summed E-state index contributed by atoms with van der Waals surface area (Å²) in [5, 5.41) is 6.87. The van der Waals surface area contributed by atoms with E-state index in [0.717, 1.165) is 41.9 Å². The molecule has 9 heteroatoms. The minimum Gasteiger partial charge on any atom is -0.494 e. The van der Waals surface area contributed by atoms with E-state index in [9.17, 15) is 9.59 Å². The van der Waals surface area contributed by atoms with E-state index in [-0.39, 0.29) is 11.7 Å². The van der Waals surface area contributed by atoms with Crippen LogP contribution in [0.3, 0.4) is 0 Å². The van der Waals surface area contributed by atoms with E-state index >= 15 is 0 Å². The van der Waals surface area contributed by atoms with E-state index in [1.165, 1.54) is 14.2 Å². The second kappa shape index (κ2) is 12.0. The van der Waals surface area contributed by atoms with Gasteiger partial charge in [0.1, 0.15) is 17.8 Å². The van der Waals surface area contributed by atoms with Crippen LogP contribution in [-0.4, -0.2) is 38.7 Å². The van der Waals surface area contributed by atoms with Crippen molar-refractivity contribution >= 4 is 35.6 Å². The number of carbonyl (C=O) groups is 2. The third-order valence-electron chi connectivity index (χ3n) is 5.73. The van der Waals surface area contributed by atoms with E-state index in [1.54, 1.807) is 18.3 Å². The van der Waals surface area contributed by atoms with Crippen LogP contribution in [0.1, 0.15) is 62.4 Å². The Bertz CT molecular complexity index is 1100. The number of amides is 1. The molecule has 2 aromatic carbocycles. The van der Waals surface area contributed by atoms with E-state index in [0.29, 0.717) is 41.4 Å². The standard InChI is InChI=1S/C26H32N2O6S/c1-6-9-20(29)23-22(13-12-21(31-4)24(23)32-5)35-34-27-14-7-8-15-33-17-10-11-19-18(16-17)26(2,3)25(30)28-19/h10-14,16H,6-9,15H2,1-5H3,(H,28,30). The fourth-order valence-corrected chi connectivity index (χ4v) is 4.34. The number of hydrogen-bond acceptors (Lipinski definition) is 8. The molecule has 0 saturated heterocycles. The maximum absolute atomic E-state index is 12.7. The van der Waals surface area contributed by atoms with Crippen molar-refractivity contribution < 1.29 is 28.1 Å².